The van der Waals surface area contributed by atoms with Crippen molar-refractivity contribution in [2.45, 2.75) is 50.1 Å². The van der Waals surface area contributed by atoms with E-state index in [1.165, 1.54) is 36.1 Å². The van der Waals surface area contributed by atoms with E-state index < -0.39 is 0 Å². The summed E-state index contributed by atoms with van der Waals surface area (Å²) in [6.07, 6.45) is 4.05. The van der Waals surface area contributed by atoms with Gasteiger partial charge in [0.1, 0.15) is 0 Å². The van der Waals surface area contributed by atoms with Crippen molar-refractivity contribution in [1.82, 2.24) is 5.32 Å². The average molecular weight is 277 g/mol. The molecule has 3 unspecified atom stereocenters. The van der Waals surface area contributed by atoms with Crippen molar-refractivity contribution in [2.24, 2.45) is 0 Å². The molecule has 1 fully saturated rings. The summed E-state index contributed by atoms with van der Waals surface area (Å²) in [7, 11) is 0. The molecule has 19 heavy (non-hydrogen) atoms. The fourth-order valence-corrected chi connectivity index (χ4v) is 4.52. The zero-order valence-electron chi connectivity index (χ0n) is 11.6. The molecule has 0 bridgehead atoms. The second kappa shape index (κ2) is 6.29. The Hall–Kier alpha value is -0.510. The van der Waals surface area contributed by atoms with Gasteiger partial charge >= 0.3 is 0 Å². The first-order valence-corrected chi connectivity index (χ1v) is 8.46. The second-order valence-electron chi connectivity index (χ2n) is 5.46. The summed E-state index contributed by atoms with van der Waals surface area (Å²) in [6, 6.07) is 9.74. The molecule has 2 aliphatic rings. The molecular weight excluding hydrogens is 254 g/mol. The topological polar surface area (TPSA) is 21.3 Å². The van der Waals surface area contributed by atoms with Crippen LogP contribution in [0.15, 0.2) is 24.3 Å². The van der Waals surface area contributed by atoms with E-state index in [1.54, 1.807) is 0 Å². The molecule has 1 saturated carbocycles. The maximum Gasteiger partial charge on any atom is 0.0721 e. The molecule has 1 heterocycles. The Kier molecular flexibility index (Phi) is 4.46. The molecule has 3 rings (SSSR count). The molecule has 1 aromatic carbocycles. The standard InChI is InChI=1S/C16H23NOS/c1-2-19-16-9-5-8-14(16)17-15-11-18-10-12-6-3-4-7-13(12)15/h3-4,6-7,14-17H,2,5,8-11H2,1H3. The van der Waals surface area contributed by atoms with Crippen LogP contribution in [0.5, 0.6) is 0 Å². The van der Waals surface area contributed by atoms with Crippen molar-refractivity contribution in [1.29, 1.82) is 0 Å². The molecule has 0 amide bonds. The summed E-state index contributed by atoms with van der Waals surface area (Å²) < 4.78 is 5.74. The van der Waals surface area contributed by atoms with Crippen molar-refractivity contribution in [2.75, 3.05) is 12.4 Å². The number of hydrogen-bond donors (Lipinski definition) is 1. The Bertz CT molecular complexity index is 423. The minimum Gasteiger partial charge on any atom is -0.375 e. The molecule has 3 atom stereocenters. The number of thioether (sulfide) groups is 1. The lowest BCUT2D eigenvalue weighted by atomic mass is 9.98. The van der Waals surface area contributed by atoms with Crippen LogP contribution >= 0.6 is 11.8 Å². The minimum absolute atomic E-state index is 0.382. The molecule has 1 aliphatic heterocycles. The van der Waals surface area contributed by atoms with E-state index in [9.17, 15) is 0 Å². The third kappa shape index (κ3) is 2.99. The maximum absolute atomic E-state index is 5.74. The quantitative estimate of drug-likeness (QED) is 0.910. The van der Waals surface area contributed by atoms with E-state index in [2.05, 4.69) is 48.3 Å². The number of nitrogens with one attached hydrogen (secondary N) is 1. The SMILES string of the molecule is CCSC1CCCC1NC1COCc2ccccc21. The van der Waals surface area contributed by atoms with Gasteiger partial charge in [-0.2, -0.15) is 11.8 Å². The summed E-state index contributed by atoms with van der Waals surface area (Å²) in [6.45, 7) is 3.85. The highest BCUT2D eigenvalue weighted by Gasteiger charge is 2.30. The van der Waals surface area contributed by atoms with Crippen LogP contribution in [0.25, 0.3) is 0 Å². The monoisotopic (exact) mass is 277 g/mol. The molecule has 1 N–H and O–H groups in total. The van der Waals surface area contributed by atoms with Crippen LogP contribution in [0, 0.1) is 0 Å². The lowest BCUT2D eigenvalue weighted by Crippen LogP contribution is -2.40. The third-order valence-electron chi connectivity index (χ3n) is 4.22. The van der Waals surface area contributed by atoms with Crippen molar-refractivity contribution < 1.29 is 4.74 Å². The number of rotatable bonds is 4. The minimum atomic E-state index is 0.382. The molecule has 104 valence electrons. The molecule has 1 aliphatic carbocycles. The van der Waals surface area contributed by atoms with Gasteiger partial charge in [-0.05, 0) is 29.7 Å². The smallest absolute Gasteiger partial charge is 0.0721 e. The van der Waals surface area contributed by atoms with Gasteiger partial charge in [-0.3, -0.25) is 0 Å². The first kappa shape index (κ1) is 13.5. The molecule has 0 saturated heterocycles. The number of benzene rings is 1. The lowest BCUT2D eigenvalue weighted by Gasteiger charge is -2.31. The van der Waals surface area contributed by atoms with Crippen molar-refractivity contribution in [3.05, 3.63) is 35.4 Å². The van der Waals surface area contributed by atoms with E-state index in [0.717, 1.165) is 18.5 Å². The highest BCUT2D eigenvalue weighted by molar-refractivity contribution is 7.99. The van der Waals surface area contributed by atoms with Crippen LogP contribution in [0.1, 0.15) is 43.4 Å². The maximum atomic E-state index is 5.74. The zero-order valence-corrected chi connectivity index (χ0v) is 12.4. The molecule has 3 heteroatoms. The number of ether oxygens (including phenoxy) is 1. The molecule has 2 nitrogen and oxygen atoms in total. The predicted molar refractivity (Wildman–Crippen MR) is 81.5 cm³/mol. The summed E-state index contributed by atoms with van der Waals surface area (Å²) in [4.78, 5) is 0. The van der Waals surface area contributed by atoms with Gasteiger partial charge in [0.25, 0.3) is 0 Å². The van der Waals surface area contributed by atoms with Crippen LogP contribution in [0.2, 0.25) is 0 Å². The molecule has 0 radical (unpaired) electrons. The van der Waals surface area contributed by atoms with Crippen molar-refractivity contribution in [3.8, 4) is 0 Å². The van der Waals surface area contributed by atoms with Gasteiger partial charge in [0.15, 0.2) is 0 Å². The fraction of sp³-hybridized carbons (Fsp3) is 0.625. The highest BCUT2D eigenvalue weighted by atomic mass is 32.2. The summed E-state index contributed by atoms with van der Waals surface area (Å²) >= 11 is 2.11. The van der Waals surface area contributed by atoms with Gasteiger partial charge in [-0.25, -0.2) is 0 Å². The Morgan fingerprint density at radius 1 is 1.32 bits per heavy atom. The predicted octanol–water partition coefficient (Wildman–Crippen LogP) is 3.52. The Balaban J connectivity index is 1.70. The van der Waals surface area contributed by atoms with Gasteiger partial charge in [0.2, 0.25) is 0 Å². The normalized spacial score (nSPS) is 30.3. The molecule has 0 aromatic heterocycles. The third-order valence-corrected chi connectivity index (χ3v) is 5.55. The van der Waals surface area contributed by atoms with Gasteiger partial charge in [0, 0.05) is 11.3 Å². The van der Waals surface area contributed by atoms with Gasteiger partial charge < -0.3 is 10.1 Å². The van der Waals surface area contributed by atoms with E-state index >= 15 is 0 Å². The zero-order chi connectivity index (χ0) is 13.1. The first-order valence-electron chi connectivity index (χ1n) is 7.41. The summed E-state index contributed by atoms with van der Waals surface area (Å²) in [5.41, 5.74) is 2.80. The van der Waals surface area contributed by atoms with Crippen LogP contribution in [-0.4, -0.2) is 23.7 Å². The van der Waals surface area contributed by atoms with Gasteiger partial charge in [-0.1, -0.05) is 37.6 Å². The Morgan fingerprint density at radius 3 is 3.11 bits per heavy atom. The van der Waals surface area contributed by atoms with E-state index in [0.29, 0.717) is 12.1 Å². The van der Waals surface area contributed by atoms with Crippen LogP contribution < -0.4 is 5.32 Å². The van der Waals surface area contributed by atoms with E-state index in [1.807, 2.05) is 0 Å². The van der Waals surface area contributed by atoms with Gasteiger partial charge in [-0.15, -0.1) is 0 Å². The largest absolute Gasteiger partial charge is 0.375 e. The highest BCUT2D eigenvalue weighted by Crippen LogP contribution is 2.33. The van der Waals surface area contributed by atoms with Crippen molar-refractivity contribution >= 4 is 11.8 Å². The second-order valence-corrected chi connectivity index (χ2v) is 6.98. The Morgan fingerprint density at radius 2 is 2.21 bits per heavy atom. The summed E-state index contributed by atoms with van der Waals surface area (Å²) in [5, 5.41) is 4.65. The van der Waals surface area contributed by atoms with Crippen molar-refractivity contribution in [3.63, 3.8) is 0 Å². The average Bonchev–Trinajstić information content (AvgIpc) is 2.87. The fourth-order valence-electron chi connectivity index (χ4n) is 3.31. The lowest BCUT2D eigenvalue weighted by molar-refractivity contribution is 0.0788. The molecular formula is C16H23NOS. The number of hydrogen-bond acceptors (Lipinski definition) is 3. The molecule has 1 aromatic rings. The van der Waals surface area contributed by atoms with E-state index in [4.69, 9.17) is 4.74 Å². The Labute approximate surface area is 120 Å². The van der Waals surface area contributed by atoms with Crippen LogP contribution in [0.4, 0.5) is 0 Å². The number of fused-ring (bicyclic) bond motifs is 1. The van der Waals surface area contributed by atoms with E-state index in [-0.39, 0.29) is 0 Å². The first-order chi connectivity index (χ1) is 9.38. The van der Waals surface area contributed by atoms with Crippen LogP contribution in [0.3, 0.4) is 0 Å². The van der Waals surface area contributed by atoms with Gasteiger partial charge in [0.05, 0.1) is 19.3 Å². The van der Waals surface area contributed by atoms with Crippen LogP contribution in [-0.2, 0) is 11.3 Å². The summed E-state index contributed by atoms with van der Waals surface area (Å²) in [5.74, 6) is 1.22. The molecule has 0 spiro atoms.